The van der Waals surface area contributed by atoms with E-state index >= 15 is 0 Å². The van der Waals surface area contributed by atoms with E-state index in [9.17, 15) is 4.79 Å². The smallest absolute Gasteiger partial charge is 0.219 e. The number of aryl methyl sites for hydroxylation is 1. The van der Waals surface area contributed by atoms with Crippen LogP contribution in [0.4, 0.5) is 0 Å². The molecule has 1 unspecified atom stereocenters. The minimum atomic E-state index is 0.228. The molecule has 0 spiro atoms. The van der Waals surface area contributed by atoms with Crippen molar-refractivity contribution in [2.75, 3.05) is 13.1 Å². The van der Waals surface area contributed by atoms with Crippen molar-refractivity contribution in [1.82, 2.24) is 4.90 Å². The van der Waals surface area contributed by atoms with Crippen molar-refractivity contribution in [3.8, 4) is 0 Å². The number of nitrogens with zero attached hydrogens (tertiary/aromatic N) is 1. The molecule has 2 rings (SSSR count). The van der Waals surface area contributed by atoms with Gasteiger partial charge in [-0.3, -0.25) is 4.79 Å². The van der Waals surface area contributed by atoms with E-state index in [-0.39, 0.29) is 5.91 Å². The van der Waals surface area contributed by atoms with Crippen molar-refractivity contribution in [2.24, 2.45) is 5.92 Å². The molecule has 1 heterocycles. The molecule has 0 saturated carbocycles. The van der Waals surface area contributed by atoms with Gasteiger partial charge in [0, 0.05) is 20.0 Å². The quantitative estimate of drug-likeness (QED) is 0.634. The van der Waals surface area contributed by atoms with Crippen molar-refractivity contribution in [3.05, 3.63) is 35.9 Å². The Morgan fingerprint density at radius 1 is 1.10 bits per heavy atom. The molecule has 1 aliphatic rings. The molecule has 0 radical (unpaired) electrons. The Morgan fingerprint density at radius 2 is 1.62 bits per heavy atom. The molecule has 1 amide bonds. The zero-order valence-corrected chi connectivity index (χ0v) is 15.1. The van der Waals surface area contributed by atoms with Gasteiger partial charge in [0.05, 0.1) is 0 Å². The van der Waals surface area contributed by atoms with Gasteiger partial charge in [-0.2, -0.15) is 0 Å². The van der Waals surface area contributed by atoms with Crippen LogP contribution in [0.15, 0.2) is 30.3 Å². The van der Waals surface area contributed by atoms with Crippen LogP contribution in [0.5, 0.6) is 0 Å². The van der Waals surface area contributed by atoms with Crippen molar-refractivity contribution >= 4 is 5.91 Å². The first kappa shape index (κ1) is 22.0. The molecule has 1 aromatic carbocycles. The fourth-order valence-electron chi connectivity index (χ4n) is 2.01. The van der Waals surface area contributed by atoms with Crippen LogP contribution in [0.2, 0.25) is 0 Å². The van der Waals surface area contributed by atoms with E-state index in [1.54, 1.807) is 6.92 Å². The number of likely N-dealkylation sites (tertiary alicyclic amines) is 1. The Balaban J connectivity index is 0. The van der Waals surface area contributed by atoms with Crippen molar-refractivity contribution in [2.45, 2.75) is 61.3 Å². The highest BCUT2D eigenvalue weighted by Crippen LogP contribution is 2.14. The zero-order chi connectivity index (χ0) is 16.7. The van der Waals surface area contributed by atoms with E-state index in [0.29, 0.717) is 5.92 Å². The summed E-state index contributed by atoms with van der Waals surface area (Å²) in [7, 11) is 0. The van der Waals surface area contributed by atoms with Crippen LogP contribution in [0.3, 0.4) is 0 Å². The van der Waals surface area contributed by atoms with Crippen LogP contribution in [0.1, 0.15) is 59.9 Å². The summed E-state index contributed by atoms with van der Waals surface area (Å²) in [5, 5.41) is 0. The molecule has 1 aromatic rings. The highest BCUT2D eigenvalue weighted by molar-refractivity contribution is 5.73. The minimum absolute atomic E-state index is 0.228. The third kappa shape index (κ3) is 12.2. The fourth-order valence-corrected chi connectivity index (χ4v) is 2.01. The normalized spacial score (nSPS) is 16.1. The number of carbonyl (C=O) groups is 1. The summed E-state index contributed by atoms with van der Waals surface area (Å²) >= 11 is 0. The van der Waals surface area contributed by atoms with E-state index in [0.717, 1.165) is 13.1 Å². The second-order valence-corrected chi connectivity index (χ2v) is 4.87. The lowest BCUT2D eigenvalue weighted by Gasteiger charge is -2.29. The summed E-state index contributed by atoms with van der Waals surface area (Å²) < 4.78 is 0. The van der Waals surface area contributed by atoms with Crippen LogP contribution in [-0.2, 0) is 4.79 Å². The third-order valence-corrected chi connectivity index (χ3v) is 3.04. The highest BCUT2D eigenvalue weighted by Gasteiger charge is 2.17. The molecular formula is C19H35NO. The predicted molar refractivity (Wildman–Crippen MR) is 94.5 cm³/mol. The summed E-state index contributed by atoms with van der Waals surface area (Å²) in [5.41, 5.74) is 1.32. The zero-order valence-electron chi connectivity index (χ0n) is 15.1. The summed E-state index contributed by atoms with van der Waals surface area (Å²) in [6, 6.07) is 10.3. The Hall–Kier alpha value is -1.31. The first-order valence-electron chi connectivity index (χ1n) is 8.36. The van der Waals surface area contributed by atoms with Gasteiger partial charge in [-0.1, -0.05) is 70.5 Å². The van der Waals surface area contributed by atoms with Crippen LogP contribution < -0.4 is 0 Å². The lowest BCUT2D eigenvalue weighted by molar-refractivity contribution is -0.130. The number of amides is 1. The molecule has 0 bridgehead atoms. The molecule has 1 atom stereocenters. The molecule has 21 heavy (non-hydrogen) atoms. The van der Waals surface area contributed by atoms with Crippen molar-refractivity contribution in [1.29, 1.82) is 0 Å². The number of hydrogen-bond acceptors (Lipinski definition) is 1. The maximum absolute atomic E-state index is 10.9. The van der Waals surface area contributed by atoms with Gasteiger partial charge in [0.25, 0.3) is 0 Å². The lowest BCUT2D eigenvalue weighted by atomic mass is 10.0. The molecule has 2 nitrogen and oxygen atoms in total. The Bertz CT molecular complexity index is 335. The Morgan fingerprint density at radius 3 is 1.90 bits per heavy atom. The summed E-state index contributed by atoms with van der Waals surface area (Å²) in [6.07, 6.45) is 2.46. The van der Waals surface area contributed by atoms with Gasteiger partial charge in [0.1, 0.15) is 0 Å². The van der Waals surface area contributed by atoms with Crippen LogP contribution >= 0.6 is 0 Å². The van der Waals surface area contributed by atoms with E-state index in [4.69, 9.17) is 0 Å². The monoisotopic (exact) mass is 293 g/mol. The van der Waals surface area contributed by atoms with Crippen LogP contribution in [0, 0.1) is 12.8 Å². The van der Waals surface area contributed by atoms with Crippen LogP contribution in [-0.4, -0.2) is 23.9 Å². The SMILES string of the molecule is CC.CC.CC(=O)N1CCCC(C)C1.Cc1ccccc1. The fraction of sp³-hybridized carbons (Fsp3) is 0.632. The number of rotatable bonds is 0. The minimum Gasteiger partial charge on any atom is -0.343 e. The topological polar surface area (TPSA) is 20.3 Å². The first-order valence-corrected chi connectivity index (χ1v) is 8.36. The number of hydrogen-bond donors (Lipinski definition) is 0. The predicted octanol–water partition coefficient (Wildman–Crippen LogP) is 5.31. The largest absolute Gasteiger partial charge is 0.343 e. The van der Waals surface area contributed by atoms with Crippen molar-refractivity contribution in [3.63, 3.8) is 0 Å². The number of carbonyl (C=O) groups excluding carboxylic acids is 1. The molecule has 0 aromatic heterocycles. The van der Waals surface area contributed by atoms with E-state index < -0.39 is 0 Å². The molecule has 2 heteroatoms. The molecule has 0 N–H and O–H groups in total. The average molecular weight is 293 g/mol. The maximum atomic E-state index is 10.9. The highest BCUT2D eigenvalue weighted by atomic mass is 16.2. The number of benzene rings is 1. The summed E-state index contributed by atoms with van der Waals surface area (Å²) in [6.45, 7) is 15.9. The number of piperidine rings is 1. The molecule has 122 valence electrons. The third-order valence-electron chi connectivity index (χ3n) is 3.04. The van der Waals surface area contributed by atoms with Crippen molar-refractivity contribution < 1.29 is 4.79 Å². The second-order valence-electron chi connectivity index (χ2n) is 4.87. The first-order chi connectivity index (χ1) is 10.1. The second kappa shape index (κ2) is 15.1. The van der Waals surface area contributed by atoms with E-state index in [1.807, 2.05) is 50.8 Å². The molecule has 1 saturated heterocycles. The average Bonchev–Trinajstić information content (AvgIpc) is 2.53. The van der Waals surface area contributed by atoms with Gasteiger partial charge in [-0.05, 0) is 25.7 Å². The van der Waals surface area contributed by atoms with Gasteiger partial charge < -0.3 is 4.90 Å². The van der Waals surface area contributed by atoms with Gasteiger partial charge in [-0.25, -0.2) is 0 Å². The summed E-state index contributed by atoms with van der Waals surface area (Å²) in [4.78, 5) is 12.8. The van der Waals surface area contributed by atoms with E-state index in [2.05, 4.69) is 26.0 Å². The molecule has 1 aliphatic heterocycles. The van der Waals surface area contributed by atoms with Gasteiger partial charge in [-0.15, -0.1) is 0 Å². The molecular weight excluding hydrogens is 258 g/mol. The molecule has 0 aliphatic carbocycles. The van der Waals surface area contributed by atoms with Crippen LogP contribution in [0.25, 0.3) is 0 Å². The Labute approximate surface area is 132 Å². The lowest BCUT2D eigenvalue weighted by Crippen LogP contribution is -2.37. The maximum Gasteiger partial charge on any atom is 0.219 e. The molecule has 1 fully saturated rings. The van der Waals surface area contributed by atoms with Gasteiger partial charge >= 0.3 is 0 Å². The van der Waals surface area contributed by atoms with Gasteiger partial charge in [0.15, 0.2) is 0 Å². The Kier molecular flexibility index (Phi) is 15.8. The summed E-state index contributed by atoms with van der Waals surface area (Å²) in [5.74, 6) is 0.934. The van der Waals surface area contributed by atoms with Gasteiger partial charge in [0.2, 0.25) is 5.91 Å². The standard InChI is InChI=1S/C8H15NO.C7H8.2C2H6/c1-7-4-3-5-9(6-7)8(2)10;1-7-5-3-2-4-6-7;2*1-2/h7H,3-6H2,1-2H3;2-6H,1H3;2*1-2H3. The van der Waals surface area contributed by atoms with E-state index in [1.165, 1.54) is 18.4 Å².